The number of ether oxygens (including phenoxy) is 1. The number of hydrogen-bond donors (Lipinski definition) is 1. The molecule has 2 aromatic carbocycles. The highest BCUT2D eigenvalue weighted by Crippen LogP contribution is 2.31. The van der Waals surface area contributed by atoms with Crippen LogP contribution in [0.1, 0.15) is 5.56 Å². The van der Waals surface area contributed by atoms with E-state index >= 15 is 0 Å². The number of nitrogens with one attached hydrogen (secondary N) is 1. The van der Waals surface area contributed by atoms with Gasteiger partial charge in [-0.1, -0.05) is 11.6 Å². The van der Waals surface area contributed by atoms with Gasteiger partial charge in [-0.25, -0.2) is 0 Å². The molecule has 21 heavy (non-hydrogen) atoms. The molecule has 0 spiro atoms. The van der Waals surface area contributed by atoms with E-state index in [1.807, 2.05) is 32.3 Å². The Hall–Kier alpha value is -1.87. The summed E-state index contributed by atoms with van der Waals surface area (Å²) in [6.07, 6.45) is 1.06. The van der Waals surface area contributed by atoms with E-state index in [2.05, 4.69) is 34.5 Å². The van der Waals surface area contributed by atoms with E-state index in [-0.39, 0.29) is 6.10 Å². The van der Waals surface area contributed by atoms with Crippen LogP contribution in [0, 0.1) is 0 Å². The highest BCUT2D eigenvalue weighted by atomic mass is 35.5. The van der Waals surface area contributed by atoms with Gasteiger partial charge in [0.25, 0.3) is 0 Å². The number of nitrogens with zero attached hydrogens (tertiary/aromatic N) is 1. The maximum Gasteiger partial charge on any atom is 0.123 e. The fourth-order valence-electron chi connectivity index (χ4n) is 2.51. The maximum absolute atomic E-state index is 6.01. The lowest BCUT2D eigenvalue weighted by molar-refractivity contribution is 0.246. The zero-order chi connectivity index (χ0) is 14.8. The highest BCUT2D eigenvalue weighted by molar-refractivity contribution is 6.30. The Labute approximate surface area is 130 Å². The van der Waals surface area contributed by atoms with E-state index in [0.717, 1.165) is 29.4 Å². The van der Waals surface area contributed by atoms with Gasteiger partial charge >= 0.3 is 0 Å². The molecule has 1 atom stereocenters. The van der Waals surface area contributed by atoms with Gasteiger partial charge in [-0.3, -0.25) is 0 Å². The van der Waals surface area contributed by atoms with Gasteiger partial charge in [-0.15, -0.1) is 0 Å². The predicted octanol–water partition coefficient (Wildman–Crippen LogP) is 3.82. The lowest BCUT2D eigenvalue weighted by atomic mass is 10.1. The molecule has 0 saturated carbocycles. The Morgan fingerprint density at radius 2 is 1.95 bits per heavy atom. The van der Waals surface area contributed by atoms with Gasteiger partial charge in [0.15, 0.2) is 0 Å². The van der Waals surface area contributed by atoms with Crippen molar-refractivity contribution < 1.29 is 4.74 Å². The summed E-state index contributed by atoms with van der Waals surface area (Å²) >= 11 is 6.01. The second-order valence-corrected chi connectivity index (χ2v) is 5.95. The van der Waals surface area contributed by atoms with E-state index in [0.29, 0.717) is 0 Å². The van der Waals surface area contributed by atoms with Gasteiger partial charge in [-0.05, 0) is 48.0 Å². The van der Waals surface area contributed by atoms with Crippen LogP contribution in [0.3, 0.4) is 0 Å². The summed E-state index contributed by atoms with van der Waals surface area (Å²) in [5.41, 5.74) is 3.50. The van der Waals surface area contributed by atoms with Crippen molar-refractivity contribution in [1.29, 1.82) is 0 Å². The first-order valence-electron chi connectivity index (χ1n) is 7.08. The Bertz CT molecular complexity index is 625. The van der Waals surface area contributed by atoms with Crippen LogP contribution in [-0.4, -0.2) is 26.7 Å². The summed E-state index contributed by atoms with van der Waals surface area (Å²) in [4.78, 5) is 2.09. The van der Waals surface area contributed by atoms with Gasteiger partial charge in [-0.2, -0.15) is 0 Å². The van der Waals surface area contributed by atoms with Crippen molar-refractivity contribution in [1.82, 2.24) is 0 Å². The van der Waals surface area contributed by atoms with E-state index in [9.17, 15) is 0 Å². The molecule has 1 aliphatic rings. The summed E-state index contributed by atoms with van der Waals surface area (Å²) in [5, 5.41) is 4.19. The second kappa shape index (κ2) is 5.86. The van der Waals surface area contributed by atoms with Gasteiger partial charge in [0.2, 0.25) is 0 Å². The van der Waals surface area contributed by atoms with Crippen molar-refractivity contribution in [3.8, 4) is 5.75 Å². The Morgan fingerprint density at radius 1 is 1.19 bits per heavy atom. The average molecular weight is 303 g/mol. The predicted molar refractivity (Wildman–Crippen MR) is 88.8 cm³/mol. The van der Waals surface area contributed by atoms with Crippen LogP contribution in [0.25, 0.3) is 0 Å². The molecule has 1 aliphatic heterocycles. The van der Waals surface area contributed by atoms with Gasteiger partial charge in [0, 0.05) is 36.9 Å². The third kappa shape index (κ3) is 3.24. The Kier molecular flexibility index (Phi) is 3.93. The first-order chi connectivity index (χ1) is 10.1. The SMILES string of the molecule is CN(C)c1ccc(NCC2Cc3cc(Cl)ccc3O2)cc1. The molecule has 0 radical (unpaired) electrons. The minimum absolute atomic E-state index is 0.159. The molecule has 110 valence electrons. The molecular weight excluding hydrogens is 284 g/mol. The van der Waals surface area contributed by atoms with Crippen LogP contribution in [0.5, 0.6) is 5.75 Å². The summed E-state index contributed by atoms with van der Waals surface area (Å²) in [5.74, 6) is 0.953. The topological polar surface area (TPSA) is 24.5 Å². The lowest BCUT2D eigenvalue weighted by Gasteiger charge is -2.15. The van der Waals surface area contributed by atoms with E-state index in [1.165, 1.54) is 11.3 Å². The molecule has 4 heteroatoms. The van der Waals surface area contributed by atoms with Crippen LogP contribution in [0.15, 0.2) is 42.5 Å². The molecule has 0 fully saturated rings. The fraction of sp³-hybridized carbons (Fsp3) is 0.294. The molecule has 3 rings (SSSR count). The first kappa shape index (κ1) is 14.1. The molecule has 0 aliphatic carbocycles. The Balaban J connectivity index is 1.57. The summed E-state index contributed by atoms with van der Waals surface area (Å²) in [7, 11) is 4.08. The second-order valence-electron chi connectivity index (χ2n) is 5.52. The highest BCUT2D eigenvalue weighted by Gasteiger charge is 2.22. The third-order valence-electron chi connectivity index (χ3n) is 3.68. The minimum atomic E-state index is 0.159. The van der Waals surface area contributed by atoms with Gasteiger partial charge < -0.3 is 15.0 Å². The van der Waals surface area contributed by atoms with Crippen molar-refractivity contribution in [2.75, 3.05) is 30.9 Å². The largest absolute Gasteiger partial charge is 0.488 e. The van der Waals surface area contributed by atoms with Crippen molar-refractivity contribution in [3.05, 3.63) is 53.1 Å². The molecular formula is C17H19ClN2O. The monoisotopic (exact) mass is 302 g/mol. The number of hydrogen-bond acceptors (Lipinski definition) is 3. The van der Waals surface area contributed by atoms with E-state index < -0.39 is 0 Å². The number of benzene rings is 2. The molecule has 1 heterocycles. The molecule has 1 unspecified atom stereocenters. The Morgan fingerprint density at radius 3 is 2.67 bits per heavy atom. The molecule has 0 saturated heterocycles. The van der Waals surface area contributed by atoms with Crippen LogP contribution in [0.2, 0.25) is 5.02 Å². The van der Waals surface area contributed by atoms with E-state index in [4.69, 9.17) is 16.3 Å². The van der Waals surface area contributed by atoms with Crippen LogP contribution in [0.4, 0.5) is 11.4 Å². The zero-order valence-corrected chi connectivity index (χ0v) is 13.0. The van der Waals surface area contributed by atoms with E-state index in [1.54, 1.807) is 0 Å². The fourth-order valence-corrected chi connectivity index (χ4v) is 2.71. The van der Waals surface area contributed by atoms with Crippen LogP contribution < -0.4 is 15.0 Å². The van der Waals surface area contributed by atoms with Crippen molar-refractivity contribution in [3.63, 3.8) is 0 Å². The summed E-state index contributed by atoms with van der Waals surface area (Å²) in [6.45, 7) is 0.785. The van der Waals surface area contributed by atoms with Gasteiger partial charge in [0.1, 0.15) is 11.9 Å². The molecule has 3 nitrogen and oxygen atoms in total. The zero-order valence-electron chi connectivity index (χ0n) is 12.3. The van der Waals surface area contributed by atoms with Crippen LogP contribution in [-0.2, 0) is 6.42 Å². The van der Waals surface area contributed by atoms with Crippen molar-refractivity contribution in [2.24, 2.45) is 0 Å². The number of fused-ring (bicyclic) bond motifs is 1. The number of anilines is 2. The lowest BCUT2D eigenvalue weighted by Crippen LogP contribution is -2.23. The summed E-state index contributed by atoms with van der Waals surface area (Å²) < 4.78 is 5.92. The molecule has 1 N–H and O–H groups in total. The quantitative estimate of drug-likeness (QED) is 0.929. The standard InChI is InChI=1S/C17H19ClN2O/c1-20(2)15-6-4-14(5-7-15)19-11-16-10-12-9-13(18)3-8-17(12)21-16/h3-9,16,19H,10-11H2,1-2H3. The van der Waals surface area contributed by atoms with Gasteiger partial charge in [0.05, 0.1) is 6.54 Å². The molecule has 0 aromatic heterocycles. The molecule has 0 bridgehead atoms. The van der Waals surface area contributed by atoms with Crippen molar-refractivity contribution >= 4 is 23.0 Å². The number of rotatable bonds is 4. The third-order valence-corrected chi connectivity index (χ3v) is 3.92. The molecule has 2 aromatic rings. The smallest absolute Gasteiger partial charge is 0.123 e. The first-order valence-corrected chi connectivity index (χ1v) is 7.46. The minimum Gasteiger partial charge on any atom is -0.488 e. The average Bonchev–Trinajstić information content (AvgIpc) is 2.87. The van der Waals surface area contributed by atoms with Crippen LogP contribution >= 0.6 is 11.6 Å². The normalized spacial score (nSPS) is 16.2. The maximum atomic E-state index is 6.01. The molecule has 0 amide bonds. The summed E-state index contributed by atoms with van der Waals surface area (Å²) in [6, 6.07) is 14.2. The number of halogens is 1. The van der Waals surface area contributed by atoms with Crippen molar-refractivity contribution in [2.45, 2.75) is 12.5 Å².